The van der Waals surface area contributed by atoms with Crippen LogP contribution in [0.2, 0.25) is 10.0 Å². The van der Waals surface area contributed by atoms with Gasteiger partial charge in [-0.3, -0.25) is 4.68 Å². The zero-order valence-corrected chi connectivity index (χ0v) is 12.2. The second-order valence-corrected chi connectivity index (χ2v) is 5.16. The van der Waals surface area contributed by atoms with Crippen LogP contribution in [0, 0.1) is 0 Å². The van der Waals surface area contributed by atoms with Crippen LogP contribution >= 0.6 is 23.2 Å². The van der Waals surface area contributed by atoms with Gasteiger partial charge < -0.3 is 5.73 Å². The zero-order chi connectivity index (χ0) is 13.8. The molecule has 0 aliphatic rings. The minimum Gasteiger partial charge on any atom is -0.323 e. The predicted octanol–water partition coefficient (Wildman–Crippen LogP) is 3.24. The van der Waals surface area contributed by atoms with Crippen molar-refractivity contribution in [2.24, 2.45) is 5.73 Å². The van der Waals surface area contributed by atoms with E-state index in [1.54, 1.807) is 24.5 Å². The first-order chi connectivity index (χ1) is 9.13. The molecule has 4 nitrogen and oxygen atoms in total. The average molecular weight is 299 g/mol. The Balaban J connectivity index is 2.21. The number of benzene rings is 1. The maximum Gasteiger partial charge on any atom is 0.138 e. The summed E-state index contributed by atoms with van der Waals surface area (Å²) in [6.07, 6.45) is 3.10. The van der Waals surface area contributed by atoms with Crippen LogP contribution in [0.3, 0.4) is 0 Å². The van der Waals surface area contributed by atoms with E-state index in [0.717, 1.165) is 24.4 Å². The molecule has 1 unspecified atom stereocenters. The molecule has 2 rings (SSSR count). The smallest absolute Gasteiger partial charge is 0.138 e. The highest BCUT2D eigenvalue weighted by atomic mass is 35.5. The molecule has 0 saturated heterocycles. The lowest BCUT2D eigenvalue weighted by Gasteiger charge is -2.15. The van der Waals surface area contributed by atoms with Crippen molar-refractivity contribution in [3.05, 3.63) is 46.0 Å². The Hall–Kier alpha value is -1.10. The van der Waals surface area contributed by atoms with Gasteiger partial charge in [-0.25, -0.2) is 4.98 Å². The van der Waals surface area contributed by atoms with Crippen molar-refractivity contribution < 1.29 is 0 Å². The monoisotopic (exact) mass is 298 g/mol. The van der Waals surface area contributed by atoms with Gasteiger partial charge in [-0.05, 0) is 18.6 Å². The van der Waals surface area contributed by atoms with E-state index in [2.05, 4.69) is 17.0 Å². The first-order valence-electron chi connectivity index (χ1n) is 6.19. The van der Waals surface area contributed by atoms with Gasteiger partial charge in [0.2, 0.25) is 0 Å². The fraction of sp³-hybridized carbons (Fsp3) is 0.385. The molecule has 2 N–H and O–H groups in total. The quantitative estimate of drug-likeness (QED) is 0.922. The summed E-state index contributed by atoms with van der Waals surface area (Å²) in [6, 6.07) is 5.10. The van der Waals surface area contributed by atoms with E-state index < -0.39 is 0 Å². The lowest BCUT2D eigenvalue weighted by Crippen LogP contribution is -2.18. The van der Waals surface area contributed by atoms with Crippen molar-refractivity contribution in [2.45, 2.75) is 32.4 Å². The molecule has 0 spiro atoms. The summed E-state index contributed by atoms with van der Waals surface area (Å²) >= 11 is 12.3. The number of hydrogen-bond donors (Lipinski definition) is 1. The molecule has 0 saturated carbocycles. The summed E-state index contributed by atoms with van der Waals surface area (Å²) in [4.78, 5) is 4.25. The second kappa shape index (κ2) is 6.37. The Bertz CT molecular complexity index is 533. The number of aryl methyl sites for hydroxylation is 1. The largest absolute Gasteiger partial charge is 0.323 e. The number of aromatic nitrogens is 3. The number of halogens is 2. The molecular formula is C13H16Cl2N4. The molecule has 0 fully saturated rings. The molecule has 1 heterocycles. The van der Waals surface area contributed by atoms with Gasteiger partial charge in [-0.1, -0.05) is 36.2 Å². The van der Waals surface area contributed by atoms with Crippen LogP contribution in [0.15, 0.2) is 24.5 Å². The lowest BCUT2D eigenvalue weighted by molar-refractivity contribution is 0.548. The van der Waals surface area contributed by atoms with E-state index in [0.29, 0.717) is 16.5 Å². The molecule has 6 heteroatoms. The van der Waals surface area contributed by atoms with Crippen molar-refractivity contribution in [1.29, 1.82) is 0 Å². The number of nitrogens with two attached hydrogens (primary N) is 1. The van der Waals surface area contributed by atoms with Gasteiger partial charge in [0, 0.05) is 34.6 Å². The summed E-state index contributed by atoms with van der Waals surface area (Å²) in [5.41, 5.74) is 6.96. The van der Waals surface area contributed by atoms with Gasteiger partial charge in [0.1, 0.15) is 12.2 Å². The Morgan fingerprint density at radius 1 is 1.32 bits per heavy atom. The minimum absolute atomic E-state index is 0.291. The van der Waals surface area contributed by atoms with E-state index in [4.69, 9.17) is 28.9 Å². The topological polar surface area (TPSA) is 56.7 Å². The van der Waals surface area contributed by atoms with Gasteiger partial charge in [0.05, 0.1) is 0 Å². The molecule has 1 atom stereocenters. The van der Waals surface area contributed by atoms with E-state index in [1.165, 1.54) is 0 Å². The Morgan fingerprint density at radius 2 is 2.00 bits per heavy atom. The van der Waals surface area contributed by atoms with E-state index >= 15 is 0 Å². The van der Waals surface area contributed by atoms with Crippen molar-refractivity contribution in [3.63, 3.8) is 0 Å². The second-order valence-electron chi connectivity index (χ2n) is 4.35. The molecular weight excluding hydrogens is 283 g/mol. The van der Waals surface area contributed by atoms with Gasteiger partial charge in [0.15, 0.2) is 0 Å². The van der Waals surface area contributed by atoms with Crippen LogP contribution in [0.4, 0.5) is 0 Å². The Labute approximate surface area is 122 Å². The minimum atomic E-state index is -0.291. The van der Waals surface area contributed by atoms with Crippen LogP contribution < -0.4 is 5.73 Å². The molecule has 0 aliphatic carbocycles. The van der Waals surface area contributed by atoms with Crippen molar-refractivity contribution in [2.75, 3.05) is 0 Å². The number of rotatable bonds is 5. The summed E-state index contributed by atoms with van der Waals surface area (Å²) in [7, 11) is 0. The Morgan fingerprint density at radius 3 is 2.63 bits per heavy atom. The van der Waals surface area contributed by atoms with E-state index in [9.17, 15) is 0 Å². The highest BCUT2D eigenvalue weighted by Crippen LogP contribution is 2.30. The molecule has 0 amide bonds. The Kier molecular flexibility index (Phi) is 4.80. The molecule has 0 aliphatic heterocycles. The molecule has 102 valence electrons. The van der Waals surface area contributed by atoms with Gasteiger partial charge >= 0.3 is 0 Å². The van der Waals surface area contributed by atoms with Crippen LogP contribution in [0.25, 0.3) is 0 Å². The first kappa shape index (κ1) is 14.3. The van der Waals surface area contributed by atoms with Crippen LogP contribution in [0.1, 0.15) is 30.8 Å². The summed E-state index contributed by atoms with van der Waals surface area (Å²) in [6.45, 7) is 2.93. The van der Waals surface area contributed by atoms with Crippen molar-refractivity contribution in [3.8, 4) is 0 Å². The van der Waals surface area contributed by atoms with Crippen LogP contribution in [-0.2, 0) is 13.0 Å². The number of nitrogens with zero attached hydrogens (tertiary/aromatic N) is 3. The van der Waals surface area contributed by atoms with Crippen molar-refractivity contribution >= 4 is 23.2 Å². The maximum atomic E-state index is 6.20. The first-order valence-corrected chi connectivity index (χ1v) is 6.95. The summed E-state index contributed by atoms with van der Waals surface area (Å²) in [5, 5.41) is 5.35. The predicted molar refractivity (Wildman–Crippen MR) is 77.4 cm³/mol. The lowest BCUT2D eigenvalue weighted by atomic mass is 10.0. The highest BCUT2D eigenvalue weighted by Gasteiger charge is 2.17. The molecule has 19 heavy (non-hydrogen) atoms. The van der Waals surface area contributed by atoms with Crippen LogP contribution in [0.5, 0.6) is 0 Å². The average Bonchev–Trinajstić information content (AvgIpc) is 2.77. The molecule has 0 bridgehead atoms. The maximum absolute atomic E-state index is 6.20. The summed E-state index contributed by atoms with van der Waals surface area (Å²) in [5.74, 6) is 0.852. The van der Waals surface area contributed by atoms with E-state index in [1.807, 2.05) is 4.68 Å². The SMILES string of the molecule is CCCn1ncnc1CC(N)c1c(Cl)cccc1Cl. The molecule has 2 aromatic rings. The summed E-state index contributed by atoms with van der Waals surface area (Å²) < 4.78 is 1.87. The van der Waals surface area contributed by atoms with Crippen LogP contribution in [-0.4, -0.2) is 14.8 Å². The normalized spacial score (nSPS) is 12.6. The fourth-order valence-corrected chi connectivity index (χ4v) is 2.69. The van der Waals surface area contributed by atoms with E-state index in [-0.39, 0.29) is 6.04 Å². The zero-order valence-electron chi connectivity index (χ0n) is 10.7. The molecule has 0 radical (unpaired) electrons. The third-order valence-electron chi connectivity index (χ3n) is 2.90. The molecule has 1 aromatic carbocycles. The number of hydrogen-bond acceptors (Lipinski definition) is 3. The highest BCUT2D eigenvalue weighted by molar-refractivity contribution is 6.36. The van der Waals surface area contributed by atoms with Gasteiger partial charge in [0.25, 0.3) is 0 Å². The third kappa shape index (κ3) is 3.26. The van der Waals surface area contributed by atoms with Crippen molar-refractivity contribution in [1.82, 2.24) is 14.8 Å². The molecule has 1 aromatic heterocycles. The van der Waals surface area contributed by atoms with Gasteiger partial charge in [-0.2, -0.15) is 5.10 Å². The van der Waals surface area contributed by atoms with Gasteiger partial charge in [-0.15, -0.1) is 0 Å². The third-order valence-corrected chi connectivity index (χ3v) is 3.56. The standard InChI is InChI=1S/C13H16Cl2N4/c1-2-6-19-12(17-8-18-19)7-11(16)13-9(14)4-3-5-10(13)15/h3-5,8,11H,2,6-7,16H2,1H3. The fourth-order valence-electron chi connectivity index (χ4n) is 2.01.